The van der Waals surface area contributed by atoms with Gasteiger partial charge in [-0.2, -0.15) is 0 Å². The summed E-state index contributed by atoms with van der Waals surface area (Å²) in [6.45, 7) is 9.21. The smallest absolute Gasteiger partial charge is 0.0344 e. The molecule has 1 saturated heterocycles. The van der Waals surface area contributed by atoms with E-state index in [1.807, 2.05) is 0 Å². The van der Waals surface area contributed by atoms with Gasteiger partial charge in [-0.05, 0) is 49.9 Å². The van der Waals surface area contributed by atoms with Crippen LogP contribution < -0.4 is 5.32 Å². The summed E-state index contributed by atoms with van der Waals surface area (Å²) in [4.78, 5) is 2.52. The van der Waals surface area contributed by atoms with E-state index < -0.39 is 0 Å². The minimum atomic E-state index is 0.464. The first kappa shape index (κ1) is 16.5. The van der Waals surface area contributed by atoms with E-state index in [-0.39, 0.29) is 0 Å². The van der Waals surface area contributed by atoms with Gasteiger partial charge in [-0.25, -0.2) is 0 Å². The number of hydrogen-bond acceptors (Lipinski definition) is 2. The van der Waals surface area contributed by atoms with E-state index >= 15 is 0 Å². The molecule has 2 nitrogen and oxygen atoms in total. The van der Waals surface area contributed by atoms with Crippen LogP contribution in [-0.2, 0) is 6.42 Å². The number of hydrogen-bond donors (Lipinski definition) is 1. The molecule has 0 spiro atoms. The van der Waals surface area contributed by atoms with Crippen LogP contribution in [0.3, 0.4) is 0 Å². The number of nitrogens with one attached hydrogen (secondary N) is 1. The average Bonchev–Trinajstić information content (AvgIpc) is 2.49. The van der Waals surface area contributed by atoms with Crippen molar-refractivity contribution in [1.29, 1.82) is 0 Å². The van der Waals surface area contributed by atoms with Crippen LogP contribution in [-0.4, -0.2) is 31.1 Å². The zero-order valence-corrected chi connectivity index (χ0v) is 14.2. The molecular formula is C19H32N2. The molecule has 1 aliphatic heterocycles. The molecule has 2 atom stereocenters. The summed E-state index contributed by atoms with van der Waals surface area (Å²) in [5, 5.41) is 3.83. The fourth-order valence-corrected chi connectivity index (χ4v) is 3.36. The molecule has 1 fully saturated rings. The van der Waals surface area contributed by atoms with Gasteiger partial charge in [-0.1, -0.05) is 51.5 Å². The van der Waals surface area contributed by atoms with Gasteiger partial charge >= 0.3 is 0 Å². The van der Waals surface area contributed by atoms with Crippen molar-refractivity contribution in [2.75, 3.05) is 20.1 Å². The standard InChI is InChI=1S/C19H32N2/c1-5-16-9-11-17(12-10-16)19(15(2)3)20-14-18-8-6-7-13-21(18)4/h9-12,15,18-20H,5-8,13-14H2,1-4H3. The summed E-state index contributed by atoms with van der Waals surface area (Å²) in [7, 11) is 2.27. The molecule has 21 heavy (non-hydrogen) atoms. The monoisotopic (exact) mass is 288 g/mol. The van der Waals surface area contributed by atoms with Gasteiger partial charge in [0.1, 0.15) is 0 Å². The maximum Gasteiger partial charge on any atom is 0.0344 e. The molecule has 1 heterocycles. The Morgan fingerprint density at radius 3 is 2.48 bits per heavy atom. The highest BCUT2D eigenvalue weighted by atomic mass is 15.2. The van der Waals surface area contributed by atoms with Crippen LogP contribution in [0.5, 0.6) is 0 Å². The predicted octanol–water partition coefficient (Wildman–Crippen LogP) is 4.02. The summed E-state index contributed by atoms with van der Waals surface area (Å²) in [5.41, 5.74) is 2.86. The normalized spacial score (nSPS) is 21.7. The summed E-state index contributed by atoms with van der Waals surface area (Å²) >= 11 is 0. The molecule has 1 N–H and O–H groups in total. The molecule has 2 rings (SSSR count). The average molecular weight is 288 g/mol. The number of nitrogens with zero attached hydrogens (tertiary/aromatic N) is 1. The lowest BCUT2D eigenvalue weighted by atomic mass is 9.94. The summed E-state index contributed by atoms with van der Waals surface area (Å²) in [6.07, 6.45) is 5.20. The van der Waals surface area contributed by atoms with Crippen molar-refractivity contribution >= 4 is 0 Å². The van der Waals surface area contributed by atoms with Crippen LogP contribution in [0, 0.1) is 5.92 Å². The van der Waals surface area contributed by atoms with Crippen molar-refractivity contribution in [3.8, 4) is 0 Å². The van der Waals surface area contributed by atoms with Gasteiger partial charge in [0.15, 0.2) is 0 Å². The van der Waals surface area contributed by atoms with Crippen LogP contribution in [0.25, 0.3) is 0 Å². The maximum atomic E-state index is 3.83. The van der Waals surface area contributed by atoms with E-state index in [4.69, 9.17) is 0 Å². The summed E-state index contributed by atoms with van der Waals surface area (Å²) < 4.78 is 0. The van der Waals surface area contributed by atoms with Crippen LogP contribution in [0.4, 0.5) is 0 Å². The molecule has 0 radical (unpaired) electrons. The molecule has 2 heteroatoms. The first-order chi connectivity index (χ1) is 10.1. The Balaban J connectivity index is 1.98. The maximum absolute atomic E-state index is 3.83. The lowest BCUT2D eigenvalue weighted by Crippen LogP contribution is -2.44. The molecule has 118 valence electrons. The van der Waals surface area contributed by atoms with Crippen LogP contribution >= 0.6 is 0 Å². The van der Waals surface area contributed by atoms with E-state index in [2.05, 4.69) is 62.3 Å². The Labute approximate surface area is 130 Å². The second-order valence-electron chi connectivity index (χ2n) is 6.86. The fourth-order valence-electron chi connectivity index (χ4n) is 3.36. The molecule has 2 unspecified atom stereocenters. The fraction of sp³-hybridized carbons (Fsp3) is 0.684. The Kier molecular flexibility index (Phi) is 6.25. The second-order valence-corrected chi connectivity index (χ2v) is 6.86. The molecular weight excluding hydrogens is 256 g/mol. The highest BCUT2D eigenvalue weighted by molar-refractivity contribution is 5.25. The van der Waals surface area contributed by atoms with Crippen molar-refractivity contribution in [3.63, 3.8) is 0 Å². The highest BCUT2D eigenvalue weighted by Crippen LogP contribution is 2.23. The molecule has 0 aromatic heterocycles. The van der Waals surface area contributed by atoms with Gasteiger partial charge in [-0.15, -0.1) is 0 Å². The molecule has 0 bridgehead atoms. The molecule has 1 aromatic carbocycles. The lowest BCUT2D eigenvalue weighted by Gasteiger charge is -2.34. The van der Waals surface area contributed by atoms with E-state index in [0.29, 0.717) is 18.0 Å². The number of likely N-dealkylation sites (N-methyl/N-ethyl adjacent to an activating group) is 1. The summed E-state index contributed by atoms with van der Waals surface area (Å²) in [5.74, 6) is 0.617. The van der Waals surface area contributed by atoms with Crippen LogP contribution in [0.1, 0.15) is 57.2 Å². The van der Waals surface area contributed by atoms with Gasteiger partial charge in [0.05, 0.1) is 0 Å². The Morgan fingerprint density at radius 2 is 1.90 bits per heavy atom. The van der Waals surface area contributed by atoms with E-state index in [1.165, 1.54) is 36.9 Å². The Morgan fingerprint density at radius 1 is 1.19 bits per heavy atom. The number of benzene rings is 1. The first-order valence-electron chi connectivity index (χ1n) is 8.64. The van der Waals surface area contributed by atoms with Crippen molar-refractivity contribution in [2.45, 2.75) is 58.5 Å². The van der Waals surface area contributed by atoms with E-state index in [0.717, 1.165) is 13.0 Å². The number of rotatable bonds is 6. The number of likely N-dealkylation sites (tertiary alicyclic amines) is 1. The zero-order chi connectivity index (χ0) is 15.2. The van der Waals surface area contributed by atoms with E-state index in [9.17, 15) is 0 Å². The van der Waals surface area contributed by atoms with Gasteiger partial charge in [-0.3, -0.25) is 0 Å². The molecule has 0 aliphatic carbocycles. The first-order valence-corrected chi connectivity index (χ1v) is 8.64. The Hall–Kier alpha value is -0.860. The van der Waals surface area contributed by atoms with Gasteiger partial charge in [0.2, 0.25) is 0 Å². The van der Waals surface area contributed by atoms with Crippen molar-refractivity contribution in [1.82, 2.24) is 10.2 Å². The van der Waals surface area contributed by atoms with Crippen LogP contribution in [0.2, 0.25) is 0 Å². The minimum Gasteiger partial charge on any atom is -0.308 e. The third-order valence-electron chi connectivity index (χ3n) is 4.91. The van der Waals surface area contributed by atoms with Gasteiger partial charge in [0, 0.05) is 18.6 Å². The molecule has 0 saturated carbocycles. The van der Waals surface area contributed by atoms with Crippen molar-refractivity contribution in [2.24, 2.45) is 5.92 Å². The zero-order valence-electron chi connectivity index (χ0n) is 14.2. The second kappa shape index (κ2) is 7.95. The van der Waals surface area contributed by atoms with E-state index in [1.54, 1.807) is 0 Å². The number of piperidine rings is 1. The Bertz CT molecular complexity index is 410. The van der Waals surface area contributed by atoms with Crippen LogP contribution in [0.15, 0.2) is 24.3 Å². The lowest BCUT2D eigenvalue weighted by molar-refractivity contribution is 0.174. The highest BCUT2D eigenvalue weighted by Gasteiger charge is 2.21. The number of aryl methyl sites for hydroxylation is 1. The summed E-state index contributed by atoms with van der Waals surface area (Å²) in [6, 6.07) is 10.3. The third-order valence-corrected chi connectivity index (χ3v) is 4.91. The molecule has 1 aliphatic rings. The van der Waals surface area contributed by atoms with Crippen molar-refractivity contribution < 1.29 is 0 Å². The molecule has 0 amide bonds. The van der Waals surface area contributed by atoms with Gasteiger partial charge in [0.25, 0.3) is 0 Å². The SMILES string of the molecule is CCc1ccc(C(NCC2CCCCN2C)C(C)C)cc1. The third kappa shape index (κ3) is 4.55. The topological polar surface area (TPSA) is 15.3 Å². The minimum absolute atomic E-state index is 0.464. The van der Waals surface area contributed by atoms with Crippen molar-refractivity contribution in [3.05, 3.63) is 35.4 Å². The largest absolute Gasteiger partial charge is 0.308 e. The molecule has 1 aromatic rings. The predicted molar refractivity (Wildman–Crippen MR) is 91.7 cm³/mol. The van der Waals surface area contributed by atoms with Gasteiger partial charge < -0.3 is 10.2 Å². The quantitative estimate of drug-likeness (QED) is 0.850.